The van der Waals surface area contributed by atoms with Crippen molar-refractivity contribution in [3.8, 4) is 5.75 Å². The number of carbonyl (C=O) groups is 2. The van der Waals surface area contributed by atoms with Crippen LogP contribution in [0.3, 0.4) is 0 Å². The maximum Gasteiger partial charge on any atom is 0.261 e. The van der Waals surface area contributed by atoms with Crippen LogP contribution in [0, 0.1) is 6.92 Å². The Labute approximate surface area is 181 Å². The van der Waals surface area contributed by atoms with Crippen LogP contribution in [0.4, 0.5) is 0 Å². The summed E-state index contributed by atoms with van der Waals surface area (Å²) in [6.45, 7) is 7.94. The van der Waals surface area contributed by atoms with Gasteiger partial charge >= 0.3 is 0 Å². The first-order chi connectivity index (χ1) is 13.8. The Morgan fingerprint density at radius 1 is 1.14 bits per heavy atom. The van der Waals surface area contributed by atoms with Crippen LogP contribution in [-0.4, -0.2) is 35.4 Å². The van der Waals surface area contributed by atoms with Crippen molar-refractivity contribution in [3.63, 3.8) is 0 Å². The van der Waals surface area contributed by atoms with Gasteiger partial charge in [0.15, 0.2) is 6.61 Å². The number of benzene rings is 2. The van der Waals surface area contributed by atoms with E-state index in [2.05, 4.69) is 21.2 Å². The van der Waals surface area contributed by atoms with E-state index in [1.54, 1.807) is 24.0 Å². The molecule has 0 unspecified atom stereocenters. The summed E-state index contributed by atoms with van der Waals surface area (Å²) in [6, 6.07) is 14.7. The number of hydrogen-bond donors (Lipinski definition) is 1. The zero-order valence-electron chi connectivity index (χ0n) is 17.4. The van der Waals surface area contributed by atoms with E-state index in [-0.39, 0.29) is 24.5 Å². The first-order valence-corrected chi connectivity index (χ1v) is 10.6. The van der Waals surface area contributed by atoms with E-state index in [1.807, 2.05) is 57.2 Å². The molecule has 0 aliphatic rings. The number of aryl methyl sites for hydroxylation is 1. The normalized spacial score (nSPS) is 12.7. The molecule has 0 heterocycles. The van der Waals surface area contributed by atoms with Gasteiger partial charge in [-0.1, -0.05) is 52.7 Å². The lowest BCUT2D eigenvalue weighted by Gasteiger charge is -2.29. The van der Waals surface area contributed by atoms with E-state index in [4.69, 9.17) is 4.74 Å². The molecule has 0 aliphatic heterocycles. The topological polar surface area (TPSA) is 58.6 Å². The predicted octanol–water partition coefficient (Wildman–Crippen LogP) is 4.47. The largest absolute Gasteiger partial charge is 0.484 e. The molecular formula is C23H29BrN2O3. The summed E-state index contributed by atoms with van der Waals surface area (Å²) in [5.74, 6) is 0.207. The van der Waals surface area contributed by atoms with Gasteiger partial charge in [-0.15, -0.1) is 0 Å². The van der Waals surface area contributed by atoms with Crippen molar-refractivity contribution in [2.75, 3.05) is 6.61 Å². The summed E-state index contributed by atoms with van der Waals surface area (Å²) in [5, 5.41) is 2.96. The molecule has 2 amide bonds. The standard InChI is InChI=1S/C23H29BrN2O3/c1-5-17(3)25-23(28)18(4)26(14-19-8-6-7-16(2)13-19)22(27)15-29-21-11-9-20(24)10-12-21/h6-13,17-18H,5,14-15H2,1-4H3,(H,25,28)/t17-,18-/m1/s1. The summed E-state index contributed by atoms with van der Waals surface area (Å²) in [5.41, 5.74) is 2.09. The molecule has 5 nitrogen and oxygen atoms in total. The van der Waals surface area contributed by atoms with Crippen molar-refractivity contribution in [3.05, 3.63) is 64.1 Å². The fourth-order valence-corrected chi connectivity index (χ4v) is 3.08. The molecule has 0 fully saturated rings. The quantitative estimate of drug-likeness (QED) is 0.600. The van der Waals surface area contributed by atoms with Crippen LogP contribution in [0.5, 0.6) is 5.75 Å². The Morgan fingerprint density at radius 2 is 1.83 bits per heavy atom. The first-order valence-electron chi connectivity index (χ1n) is 9.84. The number of nitrogens with zero attached hydrogens (tertiary/aromatic N) is 1. The Hall–Kier alpha value is -2.34. The molecule has 0 spiro atoms. The number of rotatable bonds is 9. The highest BCUT2D eigenvalue weighted by atomic mass is 79.9. The van der Waals surface area contributed by atoms with Crippen molar-refractivity contribution >= 4 is 27.7 Å². The second kappa shape index (κ2) is 11.0. The van der Waals surface area contributed by atoms with Gasteiger partial charge in [-0.3, -0.25) is 9.59 Å². The third kappa shape index (κ3) is 7.20. The van der Waals surface area contributed by atoms with Gasteiger partial charge in [0.05, 0.1) is 0 Å². The highest BCUT2D eigenvalue weighted by Gasteiger charge is 2.27. The molecule has 29 heavy (non-hydrogen) atoms. The van der Waals surface area contributed by atoms with Crippen molar-refractivity contribution in [1.29, 1.82) is 0 Å². The molecule has 156 valence electrons. The van der Waals surface area contributed by atoms with Crippen LogP contribution in [0.1, 0.15) is 38.3 Å². The van der Waals surface area contributed by atoms with Crippen molar-refractivity contribution in [2.45, 2.75) is 52.7 Å². The van der Waals surface area contributed by atoms with E-state index in [0.29, 0.717) is 12.3 Å². The molecule has 2 aromatic carbocycles. The molecule has 2 atom stereocenters. The lowest BCUT2D eigenvalue weighted by molar-refractivity contribution is -0.142. The number of hydrogen-bond acceptors (Lipinski definition) is 3. The van der Waals surface area contributed by atoms with Crippen molar-refractivity contribution < 1.29 is 14.3 Å². The molecule has 6 heteroatoms. The lowest BCUT2D eigenvalue weighted by atomic mass is 10.1. The van der Waals surface area contributed by atoms with Crippen LogP contribution in [-0.2, 0) is 16.1 Å². The van der Waals surface area contributed by atoms with E-state index >= 15 is 0 Å². The minimum Gasteiger partial charge on any atom is -0.484 e. The predicted molar refractivity (Wildman–Crippen MR) is 119 cm³/mol. The maximum atomic E-state index is 13.0. The van der Waals surface area contributed by atoms with Crippen LogP contribution < -0.4 is 10.1 Å². The number of halogens is 1. The Kier molecular flexibility index (Phi) is 8.70. The van der Waals surface area contributed by atoms with Gasteiger partial charge in [-0.05, 0) is 57.0 Å². The van der Waals surface area contributed by atoms with Crippen molar-refractivity contribution in [1.82, 2.24) is 10.2 Å². The van der Waals surface area contributed by atoms with Gasteiger partial charge in [-0.25, -0.2) is 0 Å². The van der Waals surface area contributed by atoms with E-state index in [1.165, 1.54) is 0 Å². The minimum atomic E-state index is -0.606. The molecule has 2 rings (SSSR count). The summed E-state index contributed by atoms with van der Waals surface area (Å²) in [6.07, 6.45) is 0.830. The summed E-state index contributed by atoms with van der Waals surface area (Å²) >= 11 is 3.38. The van der Waals surface area contributed by atoms with Gasteiger partial charge in [-0.2, -0.15) is 0 Å². The number of nitrogens with one attached hydrogen (secondary N) is 1. The number of amides is 2. The lowest BCUT2D eigenvalue weighted by Crippen LogP contribution is -2.50. The molecule has 0 bridgehead atoms. The second-order valence-electron chi connectivity index (χ2n) is 7.25. The third-order valence-electron chi connectivity index (χ3n) is 4.78. The maximum absolute atomic E-state index is 13.0. The SMILES string of the molecule is CC[C@@H](C)NC(=O)[C@@H](C)N(Cc1cccc(C)c1)C(=O)COc1ccc(Br)cc1. The minimum absolute atomic E-state index is 0.0555. The van der Waals surface area contributed by atoms with Crippen LogP contribution >= 0.6 is 15.9 Å². The van der Waals surface area contributed by atoms with Gasteiger partial charge in [0.2, 0.25) is 5.91 Å². The Balaban J connectivity index is 2.14. The molecule has 0 saturated heterocycles. The van der Waals surface area contributed by atoms with E-state index in [9.17, 15) is 9.59 Å². The highest BCUT2D eigenvalue weighted by molar-refractivity contribution is 9.10. The number of carbonyl (C=O) groups excluding carboxylic acids is 2. The van der Waals surface area contributed by atoms with Crippen LogP contribution in [0.25, 0.3) is 0 Å². The van der Waals surface area contributed by atoms with Crippen LogP contribution in [0.15, 0.2) is 53.0 Å². The molecular weight excluding hydrogens is 432 g/mol. The van der Waals surface area contributed by atoms with Gasteiger partial charge in [0.25, 0.3) is 5.91 Å². The monoisotopic (exact) mass is 460 g/mol. The molecule has 0 aliphatic carbocycles. The fourth-order valence-electron chi connectivity index (χ4n) is 2.81. The highest BCUT2D eigenvalue weighted by Crippen LogP contribution is 2.17. The van der Waals surface area contributed by atoms with Crippen molar-refractivity contribution in [2.24, 2.45) is 0 Å². The zero-order valence-corrected chi connectivity index (χ0v) is 19.0. The molecule has 1 N–H and O–H groups in total. The second-order valence-corrected chi connectivity index (χ2v) is 8.16. The first kappa shape index (κ1) is 22.9. The average molecular weight is 461 g/mol. The Morgan fingerprint density at radius 3 is 2.45 bits per heavy atom. The molecule has 0 saturated carbocycles. The Bertz CT molecular complexity index is 823. The van der Waals surface area contributed by atoms with E-state index < -0.39 is 6.04 Å². The zero-order chi connectivity index (χ0) is 21.4. The average Bonchev–Trinajstić information content (AvgIpc) is 2.70. The van der Waals surface area contributed by atoms with E-state index in [0.717, 1.165) is 22.0 Å². The molecule has 2 aromatic rings. The van der Waals surface area contributed by atoms with Gasteiger partial charge in [0.1, 0.15) is 11.8 Å². The fraction of sp³-hybridized carbons (Fsp3) is 0.391. The molecule has 0 radical (unpaired) electrons. The van der Waals surface area contributed by atoms with Gasteiger partial charge in [0, 0.05) is 17.1 Å². The number of ether oxygens (including phenoxy) is 1. The smallest absolute Gasteiger partial charge is 0.261 e. The van der Waals surface area contributed by atoms with Gasteiger partial charge < -0.3 is 15.0 Å². The third-order valence-corrected chi connectivity index (χ3v) is 5.31. The summed E-state index contributed by atoms with van der Waals surface area (Å²) in [7, 11) is 0. The molecule has 0 aromatic heterocycles. The summed E-state index contributed by atoms with van der Waals surface area (Å²) in [4.78, 5) is 27.2. The van der Waals surface area contributed by atoms with Crippen LogP contribution in [0.2, 0.25) is 0 Å². The summed E-state index contributed by atoms with van der Waals surface area (Å²) < 4.78 is 6.59.